The fourth-order valence-electron chi connectivity index (χ4n) is 6.58. The highest BCUT2D eigenvalue weighted by Crippen LogP contribution is 2.38. The summed E-state index contributed by atoms with van der Waals surface area (Å²) in [4.78, 5) is 54.1. The number of rotatable bonds is 10. The van der Waals surface area contributed by atoms with Crippen LogP contribution in [0.4, 0.5) is 4.79 Å². The van der Waals surface area contributed by atoms with Crippen molar-refractivity contribution in [2.45, 2.75) is 94.2 Å². The number of ether oxygens (including phenoxy) is 3. The van der Waals surface area contributed by atoms with Crippen LogP contribution in [0.25, 0.3) is 0 Å². The summed E-state index contributed by atoms with van der Waals surface area (Å²) >= 11 is 3.29. The molecule has 0 saturated carbocycles. The van der Waals surface area contributed by atoms with Crippen LogP contribution in [0.3, 0.4) is 0 Å². The number of halogens is 1. The number of nitrogens with zero attached hydrogens (tertiary/aromatic N) is 2. The molecule has 3 aliphatic heterocycles. The molecule has 0 bridgehead atoms. The monoisotopic (exact) mass is 742 g/mol. The molecule has 0 radical (unpaired) electrons. The van der Waals surface area contributed by atoms with Crippen LogP contribution in [0, 0.1) is 0 Å². The van der Waals surface area contributed by atoms with E-state index >= 15 is 0 Å². The minimum absolute atomic E-state index is 0.126. The zero-order valence-electron chi connectivity index (χ0n) is 27.7. The van der Waals surface area contributed by atoms with E-state index in [2.05, 4.69) is 31.5 Å². The maximum atomic E-state index is 12.9. The fraction of sp³-hybridized carbons (Fsp3) is 0.688. The van der Waals surface area contributed by atoms with Crippen LogP contribution in [0.2, 0.25) is 0 Å². The molecule has 15 nitrogen and oxygen atoms in total. The van der Waals surface area contributed by atoms with Gasteiger partial charge in [-0.25, -0.2) is 9.59 Å². The molecule has 3 fully saturated rings. The molecule has 3 heterocycles. The Balaban J connectivity index is 1.50. The standard InChI is InChI=1S/C32H47BrN4O11/c1-19(38)35-24-22(39)15-32(28(43)44,47-26(24)25(41)23(40)16-34-27(42)20-6-5-7-21(33)14-20)9-11-37-12-13-46-18-31(37)8-10-36(17-31)29(45)48-30(2,3)4/h5-7,14,22-26,39-41H,8-13,15-18H2,1-4H3,(H,34,42)(H,35,38)(H,43,44)/t22-,23+,24+,25+,26+,31-,32+/m0/s1. The van der Waals surface area contributed by atoms with Crippen molar-refractivity contribution in [3.05, 3.63) is 34.3 Å². The lowest BCUT2D eigenvalue weighted by molar-refractivity contribution is -0.231. The first-order valence-electron chi connectivity index (χ1n) is 16.0. The number of carbonyl (C=O) groups is 4. The van der Waals surface area contributed by atoms with E-state index in [0.717, 1.165) is 0 Å². The van der Waals surface area contributed by atoms with Crippen molar-refractivity contribution in [3.8, 4) is 0 Å². The quantitative estimate of drug-likeness (QED) is 0.194. The Morgan fingerprint density at radius 1 is 1.19 bits per heavy atom. The summed E-state index contributed by atoms with van der Waals surface area (Å²) in [6.45, 7) is 8.22. The normalized spacial score (nSPS) is 29.2. The van der Waals surface area contributed by atoms with E-state index in [1.165, 1.54) is 6.92 Å². The van der Waals surface area contributed by atoms with E-state index in [0.29, 0.717) is 49.3 Å². The highest BCUT2D eigenvalue weighted by atomic mass is 79.9. The molecule has 16 heteroatoms. The smallest absolute Gasteiger partial charge is 0.410 e. The Bertz CT molecular complexity index is 1350. The summed E-state index contributed by atoms with van der Waals surface area (Å²) in [5.41, 5.74) is -2.98. The Labute approximate surface area is 288 Å². The summed E-state index contributed by atoms with van der Waals surface area (Å²) < 4.78 is 18.1. The Morgan fingerprint density at radius 2 is 1.92 bits per heavy atom. The van der Waals surface area contributed by atoms with Crippen LogP contribution in [-0.2, 0) is 23.8 Å². The minimum Gasteiger partial charge on any atom is -0.479 e. The van der Waals surface area contributed by atoms with E-state index in [9.17, 15) is 39.6 Å². The number of aliphatic hydroxyl groups is 3. The van der Waals surface area contributed by atoms with Crippen molar-refractivity contribution in [1.29, 1.82) is 0 Å². The molecule has 7 atom stereocenters. The first kappa shape index (κ1) is 38.0. The Morgan fingerprint density at radius 3 is 2.56 bits per heavy atom. The number of nitrogens with one attached hydrogen (secondary N) is 2. The van der Waals surface area contributed by atoms with Gasteiger partial charge in [0.15, 0.2) is 5.60 Å². The van der Waals surface area contributed by atoms with Gasteiger partial charge in [0.1, 0.15) is 17.8 Å². The number of aliphatic hydroxyl groups excluding tert-OH is 3. The van der Waals surface area contributed by atoms with Crippen molar-refractivity contribution in [2.24, 2.45) is 0 Å². The van der Waals surface area contributed by atoms with Crippen LogP contribution < -0.4 is 10.6 Å². The van der Waals surface area contributed by atoms with Crippen LogP contribution in [-0.4, -0.2) is 147 Å². The van der Waals surface area contributed by atoms with Crippen LogP contribution in [0.1, 0.15) is 57.3 Å². The molecule has 48 heavy (non-hydrogen) atoms. The Hall–Kier alpha value is -2.86. The van der Waals surface area contributed by atoms with Gasteiger partial charge in [-0.2, -0.15) is 0 Å². The highest BCUT2D eigenvalue weighted by Gasteiger charge is 2.55. The second-order valence-corrected chi connectivity index (χ2v) is 14.7. The molecule has 0 unspecified atom stereocenters. The third-order valence-electron chi connectivity index (χ3n) is 9.03. The SMILES string of the molecule is CC(=O)N[C@H]1[C@H]([C@H](O)[C@H](O)CNC(=O)c2cccc(Br)c2)O[C@@](CCN2CCOC[C@@]23CCN(C(=O)OC(C)(C)C)C3)(C(=O)O)C[C@@H]1O. The molecule has 268 valence electrons. The minimum atomic E-state index is -2.01. The summed E-state index contributed by atoms with van der Waals surface area (Å²) in [5, 5.41) is 49.0. The Kier molecular flexibility index (Phi) is 12.1. The molecule has 4 rings (SSSR count). The van der Waals surface area contributed by atoms with E-state index < -0.39 is 84.0 Å². The average Bonchev–Trinajstić information content (AvgIpc) is 3.43. The summed E-state index contributed by atoms with van der Waals surface area (Å²) in [6.07, 6.45) is -6.90. The lowest BCUT2D eigenvalue weighted by Gasteiger charge is -2.49. The lowest BCUT2D eigenvalue weighted by atomic mass is 9.81. The number of hydrogen-bond donors (Lipinski definition) is 6. The van der Waals surface area contributed by atoms with Crippen molar-refractivity contribution in [2.75, 3.05) is 45.9 Å². The second-order valence-electron chi connectivity index (χ2n) is 13.8. The number of carboxylic acids is 1. The molecule has 0 aliphatic carbocycles. The van der Waals surface area contributed by atoms with Crippen LogP contribution >= 0.6 is 15.9 Å². The van der Waals surface area contributed by atoms with Crippen molar-refractivity contribution in [3.63, 3.8) is 0 Å². The lowest BCUT2D eigenvalue weighted by Crippen LogP contribution is -2.68. The largest absolute Gasteiger partial charge is 0.479 e. The number of benzene rings is 1. The first-order valence-corrected chi connectivity index (χ1v) is 16.8. The molecule has 3 saturated heterocycles. The number of carboxylic acid groups (broad SMARTS) is 1. The highest BCUT2D eigenvalue weighted by molar-refractivity contribution is 9.10. The third kappa shape index (κ3) is 9.02. The maximum Gasteiger partial charge on any atom is 0.410 e. The average molecular weight is 744 g/mol. The summed E-state index contributed by atoms with van der Waals surface area (Å²) in [5.74, 6) is -2.48. The predicted molar refractivity (Wildman–Crippen MR) is 174 cm³/mol. The molecule has 0 aromatic heterocycles. The maximum absolute atomic E-state index is 12.9. The van der Waals surface area contributed by atoms with Crippen molar-refractivity contribution < 1.29 is 53.8 Å². The molecular formula is C32H47BrN4O11. The van der Waals surface area contributed by atoms with E-state index in [1.807, 2.05) is 0 Å². The molecule has 3 amide bonds. The third-order valence-corrected chi connectivity index (χ3v) is 9.53. The van der Waals surface area contributed by atoms with Gasteiger partial charge < -0.3 is 50.2 Å². The van der Waals surface area contributed by atoms with E-state index in [4.69, 9.17) is 14.2 Å². The second kappa shape index (κ2) is 15.4. The van der Waals surface area contributed by atoms with Gasteiger partial charge in [0, 0.05) is 62.5 Å². The van der Waals surface area contributed by atoms with Gasteiger partial charge >= 0.3 is 12.1 Å². The summed E-state index contributed by atoms with van der Waals surface area (Å²) in [7, 11) is 0. The number of amides is 3. The number of carbonyl (C=O) groups excluding carboxylic acids is 3. The van der Waals surface area contributed by atoms with Crippen LogP contribution in [0.15, 0.2) is 28.7 Å². The van der Waals surface area contributed by atoms with Crippen molar-refractivity contribution >= 4 is 39.8 Å². The van der Waals surface area contributed by atoms with Gasteiger partial charge in [0.25, 0.3) is 5.91 Å². The van der Waals surface area contributed by atoms with Gasteiger partial charge in [-0.3, -0.25) is 14.5 Å². The molecule has 1 aromatic rings. The number of likely N-dealkylation sites (tertiary alicyclic amines) is 1. The first-order chi connectivity index (χ1) is 22.4. The van der Waals surface area contributed by atoms with Gasteiger partial charge in [-0.1, -0.05) is 22.0 Å². The zero-order chi connectivity index (χ0) is 35.4. The molecule has 1 spiro atoms. The van der Waals surface area contributed by atoms with E-state index in [-0.39, 0.29) is 13.0 Å². The predicted octanol–water partition coefficient (Wildman–Crippen LogP) is 0.481. The van der Waals surface area contributed by atoms with E-state index in [1.54, 1.807) is 49.9 Å². The van der Waals surface area contributed by atoms with Gasteiger partial charge in [0.05, 0.1) is 37.0 Å². The number of morpholine rings is 1. The topological polar surface area (TPSA) is 207 Å². The van der Waals surface area contributed by atoms with Gasteiger partial charge in [-0.15, -0.1) is 0 Å². The molecule has 6 N–H and O–H groups in total. The fourth-order valence-corrected chi connectivity index (χ4v) is 6.98. The summed E-state index contributed by atoms with van der Waals surface area (Å²) in [6, 6.07) is 5.28. The number of hydrogen-bond acceptors (Lipinski definition) is 11. The zero-order valence-corrected chi connectivity index (χ0v) is 29.3. The van der Waals surface area contributed by atoms with Gasteiger partial charge in [0.2, 0.25) is 5.91 Å². The molecule has 1 aromatic carbocycles. The van der Waals surface area contributed by atoms with Crippen molar-refractivity contribution in [1.82, 2.24) is 20.4 Å². The molecule has 3 aliphatic rings. The number of aliphatic carboxylic acids is 1. The van der Waals surface area contributed by atoms with Crippen LogP contribution in [0.5, 0.6) is 0 Å². The van der Waals surface area contributed by atoms with Gasteiger partial charge in [-0.05, 0) is 45.4 Å². The molecular weight excluding hydrogens is 696 g/mol.